The predicted molar refractivity (Wildman–Crippen MR) is 63.9 cm³/mol. The molecule has 17 heavy (non-hydrogen) atoms. The molecule has 0 saturated carbocycles. The number of phenols is 1. The first-order valence-electron chi connectivity index (χ1n) is 4.73. The Morgan fingerprint density at radius 1 is 1.41 bits per heavy atom. The Labute approximate surface area is 104 Å². The minimum Gasteiger partial charge on any atom is -0.507 e. The van der Waals surface area contributed by atoms with Gasteiger partial charge in [0.15, 0.2) is 0 Å². The lowest BCUT2D eigenvalue weighted by atomic mass is 10.3. The van der Waals surface area contributed by atoms with E-state index in [1.54, 1.807) is 6.92 Å². The molecule has 2 aromatic rings. The van der Waals surface area contributed by atoms with Crippen LogP contribution in [0.25, 0.3) is 5.69 Å². The number of phenolic OH excluding ortho intramolecular Hbond substituents is 1. The van der Waals surface area contributed by atoms with E-state index in [1.807, 2.05) is 0 Å². The van der Waals surface area contributed by atoms with E-state index in [-0.39, 0.29) is 15.9 Å². The molecule has 0 fully saturated rings. The number of aromatic nitrogens is 2. The number of rotatable bonds is 1. The van der Waals surface area contributed by atoms with Gasteiger partial charge in [-0.2, -0.15) is 9.78 Å². The average Bonchev–Trinajstić information content (AvgIpc) is 2.24. The van der Waals surface area contributed by atoms with Crippen molar-refractivity contribution in [3.8, 4) is 11.4 Å². The van der Waals surface area contributed by atoms with E-state index in [0.717, 1.165) is 16.8 Å². The van der Waals surface area contributed by atoms with Crippen LogP contribution in [-0.2, 0) is 0 Å². The third-order valence-electron chi connectivity index (χ3n) is 2.18. The molecule has 1 aromatic heterocycles. The van der Waals surface area contributed by atoms with E-state index in [9.17, 15) is 14.3 Å². The van der Waals surface area contributed by atoms with Crippen molar-refractivity contribution in [3.63, 3.8) is 0 Å². The van der Waals surface area contributed by atoms with Crippen molar-refractivity contribution in [1.29, 1.82) is 0 Å². The summed E-state index contributed by atoms with van der Waals surface area (Å²) in [6.45, 7) is 1.72. The highest BCUT2D eigenvalue weighted by Gasteiger charge is 2.11. The summed E-state index contributed by atoms with van der Waals surface area (Å²) in [5, 5.41) is 13.3. The van der Waals surface area contributed by atoms with Crippen molar-refractivity contribution >= 4 is 15.9 Å². The second-order valence-electron chi connectivity index (χ2n) is 3.54. The van der Waals surface area contributed by atoms with Crippen LogP contribution in [0.2, 0.25) is 0 Å². The van der Waals surface area contributed by atoms with E-state index in [0.29, 0.717) is 5.56 Å². The first-order chi connectivity index (χ1) is 7.99. The molecule has 0 spiro atoms. The number of halogens is 2. The summed E-state index contributed by atoms with van der Waals surface area (Å²) in [6, 6.07) is 3.56. The van der Waals surface area contributed by atoms with Crippen molar-refractivity contribution in [1.82, 2.24) is 9.78 Å². The largest absolute Gasteiger partial charge is 0.507 e. The summed E-state index contributed by atoms with van der Waals surface area (Å²) in [5.74, 6) is -0.802. The summed E-state index contributed by atoms with van der Waals surface area (Å²) in [7, 11) is 0. The molecule has 0 atom stereocenters. The highest BCUT2D eigenvalue weighted by Crippen LogP contribution is 2.27. The van der Waals surface area contributed by atoms with Gasteiger partial charge in [-0.25, -0.2) is 4.39 Å². The monoisotopic (exact) mass is 298 g/mol. The van der Waals surface area contributed by atoms with Crippen molar-refractivity contribution in [2.24, 2.45) is 0 Å². The maximum atomic E-state index is 13.7. The number of hydrogen-bond acceptors (Lipinski definition) is 3. The van der Waals surface area contributed by atoms with Crippen LogP contribution in [0.3, 0.4) is 0 Å². The van der Waals surface area contributed by atoms with Gasteiger partial charge in [-0.3, -0.25) is 4.79 Å². The molecule has 1 aromatic carbocycles. The SMILES string of the molecule is Cc1cnn(-c2cc(O)c(Br)cc2F)c(=O)c1. The molecule has 0 amide bonds. The maximum Gasteiger partial charge on any atom is 0.271 e. The molecule has 1 N–H and O–H groups in total. The van der Waals surface area contributed by atoms with Gasteiger partial charge in [0.05, 0.1) is 10.7 Å². The lowest BCUT2D eigenvalue weighted by Crippen LogP contribution is -2.21. The molecule has 0 saturated heterocycles. The normalized spacial score (nSPS) is 10.5. The van der Waals surface area contributed by atoms with E-state index in [1.165, 1.54) is 12.3 Å². The smallest absolute Gasteiger partial charge is 0.271 e. The first kappa shape index (κ1) is 11.8. The average molecular weight is 299 g/mol. The third kappa shape index (κ3) is 2.21. The fraction of sp³-hybridized carbons (Fsp3) is 0.0909. The van der Waals surface area contributed by atoms with Crippen LogP contribution < -0.4 is 5.56 Å². The number of nitrogens with zero attached hydrogens (tertiary/aromatic N) is 2. The van der Waals surface area contributed by atoms with Gasteiger partial charge in [-0.05, 0) is 34.5 Å². The predicted octanol–water partition coefficient (Wildman–Crippen LogP) is 2.15. The highest BCUT2D eigenvalue weighted by atomic mass is 79.9. The summed E-state index contributed by atoms with van der Waals surface area (Å²) in [6.07, 6.45) is 1.44. The molecule has 0 aliphatic carbocycles. The van der Waals surface area contributed by atoms with Gasteiger partial charge in [0.1, 0.15) is 17.3 Å². The number of aromatic hydroxyl groups is 1. The van der Waals surface area contributed by atoms with Crippen LogP contribution in [0.15, 0.2) is 33.7 Å². The lowest BCUT2D eigenvalue weighted by molar-refractivity contribution is 0.468. The van der Waals surface area contributed by atoms with Gasteiger partial charge in [-0.15, -0.1) is 0 Å². The molecular weight excluding hydrogens is 291 g/mol. The quantitative estimate of drug-likeness (QED) is 0.878. The van der Waals surface area contributed by atoms with Crippen LogP contribution in [-0.4, -0.2) is 14.9 Å². The van der Waals surface area contributed by atoms with Gasteiger partial charge in [0.2, 0.25) is 0 Å². The molecule has 0 radical (unpaired) electrons. The standard InChI is InChI=1S/C11H8BrFN2O2/c1-6-2-11(17)15(14-5-6)9-4-10(16)7(12)3-8(9)13/h2-5,16H,1H3. The molecule has 6 heteroatoms. The Morgan fingerprint density at radius 3 is 2.76 bits per heavy atom. The van der Waals surface area contributed by atoms with Gasteiger partial charge in [0, 0.05) is 12.1 Å². The molecule has 0 unspecified atom stereocenters. The molecule has 1 heterocycles. The van der Waals surface area contributed by atoms with Gasteiger partial charge < -0.3 is 5.11 Å². The molecular formula is C11H8BrFN2O2. The lowest BCUT2D eigenvalue weighted by Gasteiger charge is -2.07. The second-order valence-corrected chi connectivity index (χ2v) is 4.39. The summed E-state index contributed by atoms with van der Waals surface area (Å²) < 4.78 is 14.8. The zero-order valence-corrected chi connectivity index (χ0v) is 10.4. The van der Waals surface area contributed by atoms with Crippen molar-refractivity contribution in [2.75, 3.05) is 0 Å². The zero-order chi connectivity index (χ0) is 12.6. The fourth-order valence-electron chi connectivity index (χ4n) is 1.37. The third-order valence-corrected chi connectivity index (χ3v) is 2.82. The summed E-state index contributed by atoms with van der Waals surface area (Å²) in [5.41, 5.74) is 0.148. The van der Waals surface area contributed by atoms with Gasteiger partial charge in [-0.1, -0.05) is 0 Å². The van der Waals surface area contributed by atoms with E-state index < -0.39 is 11.4 Å². The maximum absolute atomic E-state index is 13.7. The fourth-order valence-corrected chi connectivity index (χ4v) is 1.68. The second kappa shape index (κ2) is 4.29. The molecule has 88 valence electrons. The minimum absolute atomic E-state index is 0.0873. The number of hydrogen-bond donors (Lipinski definition) is 1. The van der Waals surface area contributed by atoms with E-state index in [4.69, 9.17) is 0 Å². The van der Waals surface area contributed by atoms with Crippen LogP contribution in [0, 0.1) is 12.7 Å². The topological polar surface area (TPSA) is 55.1 Å². The van der Waals surface area contributed by atoms with Crippen molar-refractivity contribution in [3.05, 3.63) is 50.6 Å². The molecule has 0 aliphatic rings. The Kier molecular flexibility index (Phi) is 2.97. The van der Waals surface area contributed by atoms with Crippen molar-refractivity contribution < 1.29 is 9.50 Å². The van der Waals surface area contributed by atoms with Gasteiger partial charge >= 0.3 is 0 Å². The Balaban J connectivity index is 2.69. The van der Waals surface area contributed by atoms with Crippen LogP contribution in [0.1, 0.15) is 5.56 Å². The first-order valence-corrected chi connectivity index (χ1v) is 5.52. The van der Waals surface area contributed by atoms with E-state index >= 15 is 0 Å². The van der Waals surface area contributed by atoms with E-state index in [2.05, 4.69) is 21.0 Å². The Bertz CT molecular complexity index is 640. The zero-order valence-electron chi connectivity index (χ0n) is 8.82. The molecule has 2 rings (SSSR count). The molecule has 0 aliphatic heterocycles. The molecule has 4 nitrogen and oxygen atoms in total. The Hall–Kier alpha value is -1.69. The highest BCUT2D eigenvalue weighted by molar-refractivity contribution is 9.10. The summed E-state index contributed by atoms with van der Waals surface area (Å²) >= 11 is 2.99. The van der Waals surface area contributed by atoms with Crippen molar-refractivity contribution in [2.45, 2.75) is 6.92 Å². The number of benzene rings is 1. The molecule has 0 bridgehead atoms. The summed E-state index contributed by atoms with van der Waals surface area (Å²) in [4.78, 5) is 11.6. The van der Waals surface area contributed by atoms with Gasteiger partial charge in [0.25, 0.3) is 5.56 Å². The van der Waals surface area contributed by atoms with Crippen LogP contribution >= 0.6 is 15.9 Å². The minimum atomic E-state index is -0.645. The van der Waals surface area contributed by atoms with Crippen LogP contribution in [0.5, 0.6) is 5.75 Å². The van der Waals surface area contributed by atoms with Crippen LogP contribution in [0.4, 0.5) is 4.39 Å². The Morgan fingerprint density at radius 2 is 2.12 bits per heavy atom. The number of aryl methyl sites for hydroxylation is 1.